The molecule has 0 saturated carbocycles. The highest BCUT2D eigenvalue weighted by molar-refractivity contribution is 7.85. The molecule has 0 aromatic carbocycles. The summed E-state index contributed by atoms with van der Waals surface area (Å²) in [5.74, 6) is 0. The van der Waals surface area contributed by atoms with Gasteiger partial charge in [-0.3, -0.25) is 4.55 Å². The minimum absolute atomic E-state index is 0.512. The fraction of sp³-hybridized carbons (Fsp3) is 0.600. The number of allylic oxidation sites excluding steroid dienone is 1. The van der Waals surface area contributed by atoms with E-state index in [0.29, 0.717) is 12.3 Å². The van der Waals surface area contributed by atoms with Crippen LogP contribution in [0.3, 0.4) is 0 Å². The summed E-state index contributed by atoms with van der Waals surface area (Å²) in [6.45, 7) is 8.96. The van der Waals surface area contributed by atoms with E-state index in [-0.39, 0.29) is 0 Å². The van der Waals surface area contributed by atoms with Crippen LogP contribution >= 0.6 is 0 Å². The molecule has 1 atom stereocenters. The summed E-state index contributed by atoms with van der Waals surface area (Å²) in [5.41, 5.74) is 1.32. The highest BCUT2D eigenvalue weighted by Crippen LogP contribution is 2.18. The first-order valence-corrected chi connectivity index (χ1v) is 6.73. The third kappa shape index (κ3) is 5.89. The predicted octanol–water partition coefficient (Wildman–Crippen LogP) is 1.13. The van der Waals surface area contributed by atoms with Crippen LogP contribution in [0.15, 0.2) is 24.4 Å². The van der Waals surface area contributed by atoms with Crippen LogP contribution in [0, 0.1) is 0 Å². The van der Waals surface area contributed by atoms with Gasteiger partial charge in [-0.2, -0.15) is 8.42 Å². The van der Waals surface area contributed by atoms with Gasteiger partial charge in [0.05, 0.1) is 6.26 Å². The van der Waals surface area contributed by atoms with Gasteiger partial charge in [-0.15, -0.1) is 6.58 Å². The van der Waals surface area contributed by atoms with Crippen LogP contribution in [0.2, 0.25) is 0 Å². The van der Waals surface area contributed by atoms with Gasteiger partial charge >= 0.3 is 0 Å². The summed E-state index contributed by atoms with van der Waals surface area (Å²) in [5, 5.41) is 4.44. The Labute approximate surface area is 97.8 Å². The third-order valence-electron chi connectivity index (χ3n) is 2.16. The van der Waals surface area contributed by atoms with Gasteiger partial charge in [0, 0.05) is 25.3 Å². The summed E-state index contributed by atoms with van der Waals surface area (Å²) in [6.07, 6.45) is 4.90. The van der Waals surface area contributed by atoms with Crippen molar-refractivity contribution in [3.63, 3.8) is 0 Å². The number of hydrogen-bond donors (Lipinski definition) is 1. The molecule has 0 radical (unpaired) electrons. The number of rotatable bonds is 2. The maximum atomic E-state index is 9.19. The first kappa shape index (κ1) is 15.2. The molecule has 0 saturated heterocycles. The molecule has 1 aliphatic rings. The zero-order chi connectivity index (χ0) is 12.9. The molecule has 0 amide bonds. The average Bonchev–Trinajstić information content (AvgIpc) is 2.30. The van der Waals surface area contributed by atoms with Crippen LogP contribution in [0.5, 0.6) is 0 Å². The van der Waals surface area contributed by atoms with Gasteiger partial charge in [-0.05, 0) is 19.9 Å². The van der Waals surface area contributed by atoms with E-state index in [4.69, 9.17) is 4.55 Å². The van der Waals surface area contributed by atoms with Crippen molar-refractivity contribution >= 4 is 10.1 Å². The fourth-order valence-corrected chi connectivity index (χ4v) is 1.44. The highest BCUT2D eigenvalue weighted by Gasteiger charge is 2.21. The monoisotopic (exact) mass is 248 g/mol. The third-order valence-corrected chi connectivity index (χ3v) is 2.16. The molecule has 6 heteroatoms. The Balaban J connectivity index is 0.000000385. The summed E-state index contributed by atoms with van der Waals surface area (Å²) in [6, 6.07) is 0.512. The Morgan fingerprint density at radius 1 is 1.62 bits per heavy atom. The molecule has 1 heterocycles. The van der Waals surface area contributed by atoms with Crippen molar-refractivity contribution in [3.05, 3.63) is 24.4 Å². The quantitative estimate of drug-likeness (QED) is 0.586. The minimum Gasteiger partial charge on any atom is -0.313 e. The number of nitrogens with zero attached hydrogens (tertiary/aromatic N) is 2. The Morgan fingerprint density at radius 3 is 2.31 bits per heavy atom. The van der Waals surface area contributed by atoms with Crippen molar-refractivity contribution in [2.24, 2.45) is 0 Å². The van der Waals surface area contributed by atoms with E-state index < -0.39 is 10.1 Å². The zero-order valence-corrected chi connectivity index (χ0v) is 11.0. The Kier molecular flexibility index (Phi) is 5.71. The lowest BCUT2D eigenvalue weighted by atomic mass is 10.3. The molecule has 1 unspecified atom stereocenters. The van der Waals surface area contributed by atoms with Gasteiger partial charge in [0.25, 0.3) is 10.1 Å². The number of hydrogen-bond acceptors (Lipinski definition) is 4. The molecule has 94 valence electrons. The van der Waals surface area contributed by atoms with Crippen molar-refractivity contribution in [2.75, 3.05) is 19.8 Å². The van der Waals surface area contributed by atoms with E-state index in [1.807, 2.05) is 6.08 Å². The molecule has 0 aromatic heterocycles. The van der Waals surface area contributed by atoms with Gasteiger partial charge in [-0.1, -0.05) is 6.08 Å². The maximum Gasteiger partial charge on any atom is 0.261 e. The van der Waals surface area contributed by atoms with E-state index in [0.717, 1.165) is 6.54 Å². The Morgan fingerprint density at radius 2 is 2.06 bits per heavy atom. The van der Waals surface area contributed by atoms with Gasteiger partial charge in [0.15, 0.2) is 0 Å². The van der Waals surface area contributed by atoms with E-state index in [9.17, 15) is 8.42 Å². The molecule has 16 heavy (non-hydrogen) atoms. The maximum absolute atomic E-state index is 9.19. The van der Waals surface area contributed by atoms with E-state index >= 15 is 0 Å². The standard InChI is InChI=1S/C9H16N2.CH4O3S/c1-5-6-11-9(3)7-8(2)10(11)4;1-5(2,3)4/h5,7,9H,1,6H2,2-4H3;1H3,(H,2,3,4). The van der Waals surface area contributed by atoms with Gasteiger partial charge < -0.3 is 5.01 Å². The topological polar surface area (TPSA) is 60.9 Å². The second-order valence-corrected chi connectivity index (χ2v) is 5.18. The van der Waals surface area contributed by atoms with Crippen molar-refractivity contribution in [1.82, 2.24) is 10.0 Å². The summed E-state index contributed by atoms with van der Waals surface area (Å²) >= 11 is 0. The van der Waals surface area contributed by atoms with E-state index in [2.05, 4.69) is 43.6 Å². The van der Waals surface area contributed by atoms with Crippen LogP contribution in [0.1, 0.15) is 13.8 Å². The molecule has 1 rings (SSSR count). The smallest absolute Gasteiger partial charge is 0.261 e. The van der Waals surface area contributed by atoms with Crippen molar-refractivity contribution in [3.8, 4) is 0 Å². The molecular weight excluding hydrogens is 228 g/mol. The van der Waals surface area contributed by atoms with Gasteiger partial charge in [-0.25, -0.2) is 5.01 Å². The molecule has 0 spiro atoms. The predicted molar refractivity (Wildman–Crippen MR) is 65.4 cm³/mol. The molecule has 0 aromatic rings. The normalized spacial score (nSPS) is 21.2. The molecule has 0 aliphatic carbocycles. The van der Waals surface area contributed by atoms with Crippen molar-refractivity contribution in [2.45, 2.75) is 19.9 Å². The molecule has 1 aliphatic heterocycles. The molecule has 0 bridgehead atoms. The molecule has 1 N–H and O–H groups in total. The lowest BCUT2D eigenvalue weighted by Gasteiger charge is -2.29. The van der Waals surface area contributed by atoms with Crippen molar-refractivity contribution < 1.29 is 13.0 Å². The lowest BCUT2D eigenvalue weighted by molar-refractivity contribution is 0.0504. The van der Waals surface area contributed by atoms with Crippen LogP contribution < -0.4 is 0 Å². The van der Waals surface area contributed by atoms with E-state index in [1.165, 1.54) is 5.70 Å². The lowest BCUT2D eigenvalue weighted by Crippen LogP contribution is -2.38. The molecule has 0 fully saturated rings. The van der Waals surface area contributed by atoms with Gasteiger partial charge in [0.2, 0.25) is 0 Å². The second-order valence-electron chi connectivity index (χ2n) is 3.72. The second kappa shape index (κ2) is 6.03. The number of hydrazine groups is 1. The van der Waals surface area contributed by atoms with Crippen LogP contribution in [0.4, 0.5) is 0 Å². The Hall–Kier alpha value is -0.850. The largest absolute Gasteiger partial charge is 0.313 e. The first-order valence-electron chi connectivity index (χ1n) is 4.89. The average molecular weight is 248 g/mol. The molecular formula is C10H20N2O3S. The van der Waals surface area contributed by atoms with Gasteiger partial charge in [0.1, 0.15) is 0 Å². The summed E-state index contributed by atoms with van der Waals surface area (Å²) < 4.78 is 25.9. The minimum atomic E-state index is -3.67. The van der Waals surface area contributed by atoms with Crippen LogP contribution in [-0.4, -0.2) is 48.9 Å². The van der Waals surface area contributed by atoms with Crippen molar-refractivity contribution in [1.29, 1.82) is 0 Å². The van der Waals surface area contributed by atoms with E-state index in [1.54, 1.807) is 0 Å². The molecule has 5 nitrogen and oxygen atoms in total. The Bertz CT molecular complexity index is 354. The zero-order valence-electron chi connectivity index (χ0n) is 10.2. The summed E-state index contributed by atoms with van der Waals surface area (Å²) in [7, 11) is -1.58. The fourth-order valence-electron chi connectivity index (χ4n) is 1.44. The first-order chi connectivity index (χ1) is 7.16. The summed E-state index contributed by atoms with van der Waals surface area (Å²) in [4.78, 5) is 0. The van der Waals surface area contributed by atoms with Crippen LogP contribution in [0.25, 0.3) is 0 Å². The van der Waals surface area contributed by atoms with Crippen LogP contribution in [-0.2, 0) is 10.1 Å². The SMILES string of the molecule is C=CCN1C(C)C=C(C)N1C.CS(=O)(=O)O. The highest BCUT2D eigenvalue weighted by atomic mass is 32.2.